The molecule has 1 amide bonds. The van der Waals surface area contributed by atoms with Crippen LogP contribution in [-0.2, 0) is 22.8 Å². The van der Waals surface area contributed by atoms with Crippen molar-refractivity contribution in [1.82, 2.24) is 9.80 Å². The molecule has 2 heterocycles. The molecule has 216 valence electrons. The van der Waals surface area contributed by atoms with Crippen molar-refractivity contribution in [2.24, 2.45) is 11.8 Å². The van der Waals surface area contributed by atoms with Gasteiger partial charge in [0.25, 0.3) is 5.91 Å². The molecule has 2 aromatic carbocycles. The number of aliphatic hydroxyl groups excluding tert-OH is 1. The summed E-state index contributed by atoms with van der Waals surface area (Å²) >= 11 is 0. The van der Waals surface area contributed by atoms with Crippen LogP contribution in [0.1, 0.15) is 47.9 Å². The fourth-order valence-electron chi connectivity index (χ4n) is 8.21. The highest BCUT2D eigenvalue weighted by Gasteiger charge is 2.66. The molecule has 5 aliphatic rings. The SMILES string of the molecule is COc1ccc2c3c1O[C@H]1[C@H](N(C)C(=O)C#Cc4ccc(C(F)(F)F)cc4)CC[C@H]4[C@@H](C2)N(CC2CC2O)CC[C@@]341. The second-order valence-electron chi connectivity index (χ2n) is 12.3. The van der Waals surface area contributed by atoms with E-state index < -0.39 is 11.7 Å². The fraction of sp³-hybridized carbons (Fsp3) is 0.531. The Morgan fingerprint density at radius 2 is 1.98 bits per heavy atom. The maximum atomic E-state index is 13.3. The van der Waals surface area contributed by atoms with Crippen LogP contribution in [0.15, 0.2) is 36.4 Å². The van der Waals surface area contributed by atoms with Crippen LogP contribution in [0.4, 0.5) is 13.2 Å². The van der Waals surface area contributed by atoms with Crippen molar-refractivity contribution in [2.75, 3.05) is 27.2 Å². The van der Waals surface area contributed by atoms with Crippen LogP contribution in [0.2, 0.25) is 0 Å². The van der Waals surface area contributed by atoms with E-state index in [0.717, 1.165) is 63.1 Å². The Kier molecular flexibility index (Phi) is 6.11. The molecule has 0 aromatic heterocycles. The summed E-state index contributed by atoms with van der Waals surface area (Å²) in [6, 6.07) is 8.82. The number of alkyl halides is 3. The van der Waals surface area contributed by atoms with Gasteiger partial charge in [-0.2, -0.15) is 13.2 Å². The van der Waals surface area contributed by atoms with Gasteiger partial charge in [0, 0.05) is 48.0 Å². The molecule has 0 radical (unpaired) electrons. The third-order valence-corrected chi connectivity index (χ3v) is 10.3. The number of ether oxygens (including phenoxy) is 2. The lowest BCUT2D eigenvalue weighted by atomic mass is 9.51. The van der Waals surface area contributed by atoms with E-state index in [4.69, 9.17) is 9.47 Å². The van der Waals surface area contributed by atoms with Gasteiger partial charge in [0.05, 0.1) is 24.8 Å². The number of likely N-dealkylation sites (N-methyl/N-ethyl adjacent to an activating group) is 1. The number of rotatable bonds is 4. The maximum absolute atomic E-state index is 13.3. The number of carbonyl (C=O) groups excluding carboxylic acids is 1. The van der Waals surface area contributed by atoms with Crippen molar-refractivity contribution in [3.8, 4) is 23.3 Å². The highest BCUT2D eigenvalue weighted by Crippen LogP contribution is 2.64. The van der Waals surface area contributed by atoms with Gasteiger partial charge < -0.3 is 19.5 Å². The highest BCUT2D eigenvalue weighted by atomic mass is 19.4. The van der Waals surface area contributed by atoms with Crippen LogP contribution < -0.4 is 9.47 Å². The van der Waals surface area contributed by atoms with Gasteiger partial charge in [0.1, 0.15) is 6.10 Å². The Morgan fingerprint density at radius 3 is 2.66 bits per heavy atom. The van der Waals surface area contributed by atoms with Crippen molar-refractivity contribution in [3.63, 3.8) is 0 Å². The summed E-state index contributed by atoms with van der Waals surface area (Å²) in [7, 11) is 3.40. The minimum absolute atomic E-state index is 0.181. The number of methoxy groups -OCH3 is 1. The van der Waals surface area contributed by atoms with Crippen molar-refractivity contribution >= 4 is 5.91 Å². The Hall–Kier alpha value is -3.22. The highest BCUT2D eigenvalue weighted by molar-refractivity contribution is 5.94. The number of carbonyl (C=O) groups is 1. The molecule has 3 fully saturated rings. The molecule has 1 spiro atoms. The zero-order valence-corrected chi connectivity index (χ0v) is 23.1. The summed E-state index contributed by atoms with van der Waals surface area (Å²) in [6.45, 7) is 1.84. The molecular weight excluding hydrogens is 533 g/mol. The molecule has 1 N–H and O–H groups in total. The van der Waals surface area contributed by atoms with E-state index in [9.17, 15) is 23.1 Å². The number of aliphatic hydroxyl groups is 1. The van der Waals surface area contributed by atoms with Gasteiger partial charge in [-0.05, 0) is 80.5 Å². The van der Waals surface area contributed by atoms with E-state index in [1.807, 2.05) is 6.07 Å². The Bertz CT molecular complexity index is 1450. The third-order valence-electron chi connectivity index (χ3n) is 10.3. The summed E-state index contributed by atoms with van der Waals surface area (Å²) in [5.74, 6) is 7.25. The van der Waals surface area contributed by atoms with Gasteiger partial charge in [0.15, 0.2) is 11.5 Å². The van der Waals surface area contributed by atoms with Crippen LogP contribution in [0.25, 0.3) is 0 Å². The van der Waals surface area contributed by atoms with Crippen LogP contribution >= 0.6 is 0 Å². The van der Waals surface area contributed by atoms with Gasteiger partial charge in [-0.1, -0.05) is 12.0 Å². The smallest absolute Gasteiger partial charge is 0.416 e. The summed E-state index contributed by atoms with van der Waals surface area (Å²) in [6.07, 6.45) is -0.410. The molecular formula is C32H33F3N2O4. The largest absolute Gasteiger partial charge is 0.493 e. The fourth-order valence-corrected chi connectivity index (χ4v) is 8.21. The van der Waals surface area contributed by atoms with Gasteiger partial charge in [-0.25, -0.2) is 0 Å². The molecule has 7 atom stereocenters. The van der Waals surface area contributed by atoms with Crippen molar-refractivity contribution in [3.05, 3.63) is 58.7 Å². The number of hydrogen-bond donors (Lipinski definition) is 1. The maximum Gasteiger partial charge on any atom is 0.416 e. The molecule has 2 bridgehead atoms. The molecule has 2 unspecified atom stereocenters. The Balaban J connectivity index is 1.18. The molecule has 2 aliphatic heterocycles. The number of benzene rings is 2. The summed E-state index contributed by atoms with van der Waals surface area (Å²) in [5, 5.41) is 10.0. The number of hydrogen-bond acceptors (Lipinski definition) is 5. The number of halogens is 3. The molecule has 1 saturated heterocycles. The van der Waals surface area contributed by atoms with Crippen LogP contribution in [0.5, 0.6) is 11.5 Å². The number of amides is 1. The molecule has 41 heavy (non-hydrogen) atoms. The van der Waals surface area contributed by atoms with Gasteiger partial charge in [-0.15, -0.1) is 0 Å². The Morgan fingerprint density at radius 1 is 1.22 bits per heavy atom. The lowest BCUT2D eigenvalue weighted by Crippen LogP contribution is -2.69. The number of piperidine rings is 1. The van der Waals surface area contributed by atoms with E-state index in [1.54, 1.807) is 19.1 Å². The topological polar surface area (TPSA) is 62.2 Å². The van der Waals surface area contributed by atoms with Gasteiger partial charge in [0.2, 0.25) is 0 Å². The predicted molar refractivity (Wildman–Crippen MR) is 144 cm³/mol. The molecule has 2 aromatic rings. The predicted octanol–water partition coefficient (Wildman–Crippen LogP) is 4.01. The average Bonchev–Trinajstić information content (AvgIpc) is 3.54. The first-order valence-electron chi connectivity index (χ1n) is 14.4. The first-order valence-corrected chi connectivity index (χ1v) is 14.4. The van der Waals surface area contributed by atoms with E-state index in [-0.39, 0.29) is 29.6 Å². The molecule has 7 rings (SSSR count). The quantitative estimate of drug-likeness (QED) is 0.567. The summed E-state index contributed by atoms with van der Waals surface area (Å²) < 4.78 is 51.3. The van der Waals surface area contributed by atoms with E-state index in [0.29, 0.717) is 29.2 Å². The van der Waals surface area contributed by atoms with E-state index in [2.05, 4.69) is 22.8 Å². The van der Waals surface area contributed by atoms with Crippen LogP contribution in [0, 0.1) is 23.7 Å². The molecule has 6 nitrogen and oxygen atoms in total. The van der Waals surface area contributed by atoms with Crippen LogP contribution in [0.3, 0.4) is 0 Å². The van der Waals surface area contributed by atoms with Crippen molar-refractivity contribution in [1.29, 1.82) is 0 Å². The second kappa shape index (κ2) is 9.40. The Labute approximate surface area is 237 Å². The van der Waals surface area contributed by atoms with E-state index >= 15 is 0 Å². The first-order chi connectivity index (χ1) is 19.6. The zero-order chi connectivity index (χ0) is 28.7. The third kappa shape index (κ3) is 4.13. The number of likely N-dealkylation sites (tertiary alicyclic amines) is 1. The average molecular weight is 567 g/mol. The second-order valence-corrected chi connectivity index (χ2v) is 12.3. The van der Waals surface area contributed by atoms with Crippen LogP contribution in [-0.4, -0.2) is 72.4 Å². The lowest BCUT2D eigenvalue weighted by Gasteiger charge is -2.60. The zero-order valence-electron chi connectivity index (χ0n) is 23.1. The number of nitrogens with zero attached hydrogens (tertiary/aromatic N) is 2. The lowest BCUT2D eigenvalue weighted by molar-refractivity contribution is -0.137. The molecule has 3 aliphatic carbocycles. The van der Waals surface area contributed by atoms with E-state index in [1.165, 1.54) is 23.3 Å². The molecule has 9 heteroatoms. The summed E-state index contributed by atoms with van der Waals surface area (Å²) in [4.78, 5) is 17.6. The van der Waals surface area contributed by atoms with Gasteiger partial charge >= 0.3 is 6.18 Å². The summed E-state index contributed by atoms with van der Waals surface area (Å²) in [5.41, 5.74) is 1.89. The minimum atomic E-state index is -4.42. The van der Waals surface area contributed by atoms with Gasteiger partial charge in [-0.3, -0.25) is 9.69 Å². The minimum Gasteiger partial charge on any atom is -0.493 e. The molecule has 2 saturated carbocycles. The first kappa shape index (κ1) is 26.7. The normalized spacial score (nSPS) is 32.7. The van der Waals surface area contributed by atoms with Crippen molar-refractivity contribution in [2.45, 2.75) is 68.0 Å². The monoisotopic (exact) mass is 566 g/mol. The standard InChI is InChI=1S/C32H33F3N2O4/c1-36(27(39)12-5-18-3-7-21(8-4-18)32(33,34)35)23-10-9-22-24-15-19-6-11-26(40-2)29-28(19)31(22,30(23)41-29)13-14-37(24)17-20-16-25(20)38/h3-4,6-8,11,20,22-25,30,38H,9-10,13-17H2,1-2H3/t20?,22-,23+,24+,25?,30-,31-/m0/s1. The van der Waals surface area contributed by atoms with Crippen molar-refractivity contribution < 1.29 is 32.5 Å².